The van der Waals surface area contributed by atoms with E-state index in [0.29, 0.717) is 35.9 Å². The Morgan fingerprint density at radius 1 is 1.26 bits per heavy atom. The average Bonchev–Trinajstić information content (AvgIpc) is 2.49. The van der Waals surface area contributed by atoms with Crippen molar-refractivity contribution >= 4 is 26.6 Å². The third kappa shape index (κ3) is 4.39. The van der Waals surface area contributed by atoms with Crippen molar-refractivity contribution < 1.29 is 13.2 Å². The Hall–Kier alpha value is -1.73. The maximum atomic E-state index is 11.8. The molecule has 0 radical (unpaired) electrons. The summed E-state index contributed by atoms with van der Waals surface area (Å²) in [6.45, 7) is 7.36. The van der Waals surface area contributed by atoms with Crippen molar-refractivity contribution in [2.45, 2.75) is 31.7 Å². The summed E-state index contributed by atoms with van der Waals surface area (Å²) >= 11 is 0. The minimum atomic E-state index is -3.28. The lowest BCUT2D eigenvalue weighted by atomic mass is 10.1. The molecule has 23 heavy (non-hydrogen) atoms. The molecule has 0 bridgehead atoms. The van der Waals surface area contributed by atoms with Crippen molar-refractivity contribution in [3.05, 3.63) is 24.5 Å². The Morgan fingerprint density at radius 3 is 2.61 bits per heavy atom. The topological polar surface area (TPSA) is 81.2 Å². The van der Waals surface area contributed by atoms with E-state index in [0.717, 1.165) is 0 Å². The van der Waals surface area contributed by atoms with Crippen molar-refractivity contribution in [2.24, 2.45) is 5.92 Å². The molecular formula is C16H23N3O3S. The molecule has 0 amide bonds. The number of rotatable bonds is 7. The van der Waals surface area contributed by atoms with E-state index in [1.54, 1.807) is 18.2 Å². The zero-order valence-electron chi connectivity index (χ0n) is 13.9. The van der Waals surface area contributed by atoms with Crippen LogP contribution in [0.5, 0.6) is 0 Å². The van der Waals surface area contributed by atoms with Crippen molar-refractivity contribution in [1.82, 2.24) is 9.97 Å². The van der Waals surface area contributed by atoms with Gasteiger partial charge in [-0.3, -0.25) is 0 Å². The summed E-state index contributed by atoms with van der Waals surface area (Å²) in [6.07, 6.45) is 2.67. The van der Waals surface area contributed by atoms with Gasteiger partial charge in [-0.15, -0.1) is 0 Å². The zero-order chi connectivity index (χ0) is 17.0. The molecule has 1 unspecified atom stereocenters. The molecule has 0 aliphatic rings. The molecule has 7 heteroatoms. The van der Waals surface area contributed by atoms with Crippen LogP contribution in [0.1, 0.15) is 20.8 Å². The van der Waals surface area contributed by atoms with E-state index in [1.807, 2.05) is 6.92 Å². The van der Waals surface area contributed by atoms with Crippen LogP contribution in [0.25, 0.3) is 10.9 Å². The number of hydrogen-bond acceptors (Lipinski definition) is 6. The summed E-state index contributed by atoms with van der Waals surface area (Å²) < 4.78 is 29.1. The van der Waals surface area contributed by atoms with Crippen molar-refractivity contribution in [3.8, 4) is 0 Å². The molecule has 0 aliphatic heterocycles. The van der Waals surface area contributed by atoms with Gasteiger partial charge < -0.3 is 10.1 Å². The van der Waals surface area contributed by atoms with Crippen LogP contribution in [-0.2, 0) is 14.6 Å². The highest BCUT2D eigenvalue weighted by atomic mass is 32.2. The standard InChI is InChI=1S/C16H23N3O3S/c1-5-22-9-15(11(2)3)19-16-13-8-12(23(4,20)21)6-7-14(13)17-10-18-16/h6-8,10-11,15H,5,9H2,1-4H3,(H,17,18,19). The molecule has 0 fully saturated rings. The summed E-state index contributed by atoms with van der Waals surface area (Å²) in [5.74, 6) is 0.962. The fourth-order valence-electron chi connectivity index (χ4n) is 2.20. The van der Waals surface area contributed by atoms with Gasteiger partial charge in [-0.25, -0.2) is 18.4 Å². The lowest BCUT2D eigenvalue weighted by molar-refractivity contribution is 0.126. The van der Waals surface area contributed by atoms with Gasteiger partial charge in [-0.2, -0.15) is 0 Å². The van der Waals surface area contributed by atoms with E-state index in [9.17, 15) is 8.42 Å². The first-order valence-electron chi connectivity index (χ1n) is 7.62. The van der Waals surface area contributed by atoms with Crippen LogP contribution in [0.2, 0.25) is 0 Å². The van der Waals surface area contributed by atoms with Gasteiger partial charge in [0.25, 0.3) is 0 Å². The molecule has 0 saturated heterocycles. The summed E-state index contributed by atoms with van der Waals surface area (Å²) in [6, 6.07) is 4.96. The molecule has 1 atom stereocenters. The van der Waals surface area contributed by atoms with E-state index < -0.39 is 9.84 Å². The van der Waals surface area contributed by atoms with E-state index in [2.05, 4.69) is 29.1 Å². The van der Waals surface area contributed by atoms with Gasteiger partial charge in [-0.05, 0) is 31.0 Å². The number of anilines is 1. The van der Waals surface area contributed by atoms with Crippen LogP contribution in [-0.4, -0.2) is 43.9 Å². The monoisotopic (exact) mass is 337 g/mol. The number of hydrogen-bond donors (Lipinski definition) is 1. The fraction of sp³-hybridized carbons (Fsp3) is 0.500. The molecule has 0 saturated carbocycles. The number of fused-ring (bicyclic) bond motifs is 1. The van der Waals surface area contributed by atoms with Gasteiger partial charge in [0.1, 0.15) is 12.1 Å². The average molecular weight is 337 g/mol. The number of nitrogens with one attached hydrogen (secondary N) is 1. The minimum absolute atomic E-state index is 0.0786. The molecule has 0 aliphatic carbocycles. The molecule has 1 N–H and O–H groups in total. The highest BCUT2D eigenvalue weighted by Crippen LogP contribution is 2.24. The summed E-state index contributed by atoms with van der Waals surface area (Å²) in [5, 5.41) is 4.06. The number of ether oxygens (including phenoxy) is 1. The summed E-state index contributed by atoms with van der Waals surface area (Å²) in [7, 11) is -3.28. The highest BCUT2D eigenvalue weighted by molar-refractivity contribution is 7.90. The molecule has 126 valence electrons. The van der Waals surface area contributed by atoms with E-state index in [1.165, 1.54) is 12.6 Å². The first-order valence-corrected chi connectivity index (χ1v) is 9.51. The second-order valence-corrected chi connectivity index (χ2v) is 7.84. The first kappa shape index (κ1) is 17.6. The lowest BCUT2D eigenvalue weighted by Crippen LogP contribution is -2.31. The summed E-state index contributed by atoms with van der Waals surface area (Å²) in [4.78, 5) is 8.75. The lowest BCUT2D eigenvalue weighted by Gasteiger charge is -2.23. The Bertz CT molecular complexity index is 775. The third-order valence-corrected chi connectivity index (χ3v) is 4.77. The van der Waals surface area contributed by atoms with E-state index in [4.69, 9.17) is 4.74 Å². The van der Waals surface area contributed by atoms with Crippen LogP contribution in [0, 0.1) is 5.92 Å². The molecule has 1 heterocycles. The summed E-state index contributed by atoms with van der Waals surface area (Å²) in [5.41, 5.74) is 0.703. The quantitative estimate of drug-likeness (QED) is 0.836. The number of sulfone groups is 1. The predicted molar refractivity (Wildman–Crippen MR) is 91.4 cm³/mol. The van der Waals surface area contributed by atoms with Crippen LogP contribution < -0.4 is 5.32 Å². The van der Waals surface area contributed by atoms with Gasteiger partial charge in [-0.1, -0.05) is 13.8 Å². The highest BCUT2D eigenvalue weighted by Gasteiger charge is 2.17. The number of benzene rings is 1. The second-order valence-electron chi connectivity index (χ2n) is 5.83. The van der Waals surface area contributed by atoms with E-state index in [-0.39, 0.29) is 10.9 Å². The minimum Gasteiger partial charge on any atom is -0.380 e. The molecule has 2 rings (SSSR count). The Morgan fingerprint density at radius 2 is 2.00 bits per heavy atom. The molecule has 1 aromatic heterocycles. The Labute approximate surface area is 137 Å². The molecule has 0 spiro atoms. The van der Waals surface area contributed by atoms with E-state index >= 15 is 0 Å². The molecule has 2 aromatic rings. The number of nitrogens with zero attached hydrogens (tertiary/aromatic N) is 2. The van der Waals surface area contributed by atoms with Crippen LogP contribution in [0.4, 0.5) is 5.82 Å². The smallest absolute Gasteiger partial charge is 0.175 e. The molecule has 6 nitrogen and oxygen atoms in total. The van der Waals surface area contributed by atoms with Gasteiger partial charge in [0, 0.05) is 18.2 Å². The maximum Gasteiger partial charge on any atom is 0.175 e. The second kappa shape index (κ2) is 7.23. The van der Waals surface area contributed by atoms with Crippen LogP contribution in [0.15, 0.2) is 29.4 Å². The van der Waals surface area contributed by atoms with Gasteiger partial charge in [0.05, 0.1) is 23.1 Å². The van der Waals surface area contributed by atoms with Gasteiger partial charge in [0.15, 0.2) is 9.84 Å². The van der Waals surface area contributed by atoms with Crippen LogP contribution in [0.3, 0.4) is 0 Å². The van der Waals surface area contributed by atoms with Crippen LogP contribution >= 0.6 is 0 Å². The zero-order valence-corrected chi connectivity index (χ0v) is 14.7. The van der Waals surface area contributed by atoms with Gasteiger partial charge in [0.2, 0.25) is 0 Å². The van der Waals surface area contributed by atoms with Crippen molar-refractivity contribution in [3.63, 3.8) is 0 Å². The predicted octanol–water partition coefficient (Wildman–Crippen LogP) is 2.51. The molecule has 1 aromatic carbocycles. The third-order valence-electron chi connectivity index (χ3n) is 3.66. The van der Waals surface area contributed by atoms with Gasteiger partial charge >= 0.3 is 0 Å². The van der Waals surface area contributed by atoms with Crippen molar-refractivity contribution in [2.75, 3.05) is 24.8 Å². The molecular weight excluding hydrogens is 314 g/mol. The number of aromatic nitrogens is 2. The maximum absolute atomic E-state index is 11.8. The normalized spacial score (nSPS) is 13.4. The Balaban J connectivity index is 2.43. The van der Waals surface area contributed by atoms with Crippen molar-refractivity contribution in [1.29, 1.82) is 0 Å². The Kier molecular flexibility index (Phi) is 5.54. The first-order chi connectivity index (χ1) is 10.8. The largest absolute Gasteiger partial charge is 0.380 e. The fourth-order valence-corrected chi connectivity index (χ4v) is 2.85. The SMILES string of the molecule is CCOCC(Nc1ncnc2ccc(S(C)(=O)=O)cc12)C(C)C.